The van der Waals surface area contributed by atoms with E-state index in [1.54, 1.807) is 0 Å². The van der Waals surface area contributed by atoms with Crippen molar-refractivity contribution in [2.75, 3.05) is 17.6 Å². The number of nitrogen functional groups attached to an aromatic ring is 1. The third-order valence-corrected chi connectivity index (χ3v) is 3.07. The van der Waals surface area contributed by atoms with Crippen molar-refractivity contribution < 1.29 is 0 Å². The first-order valence-electron chi connectivity index (χ1n) is 5.04. The molecule has 0 unspecified atom stereocenters. The first-order chi connectivity index (χ1) is 6.75. The van der Waals surface area contributed by atoms with E-state index >= 15 is 0 Å². The van der Waals surface area contributed by atoms with Gasteiger partial charge in [0.2, 0.25) is 0 Å². The van der Waals surface area contributed by atoms with Gasteiger partial charge >= 0.3 is 0 Å². The Hall–Kier alpha value is -0.700. The predicted molar refractivity (Wildman–Crippen MR) is 64.4 cm³/mol. The first kappa shape index (κ1) is 9.84. The number of hydrogen-bond donors (Lipinski definition) is 2. The summed E-state index contributed by atoms with van der Waals surface area (Å²) in [6.45, 7) is 1.03. The topological polar surface area (TPSA) is 38.0 Å². The molecule has 0 spiro atoms. The maximum absolute atomic E-state index is 5.84. The molecule has 0 aromatic heterocycles. The summed E-state index contributed by atoms with van der Waals surface area (Å²) in [5, 5.41) is 3.37. The number of nitrogens with one attached hydrogen (secondary N) is 1. The number of anilines is 2. The minimum Gasteiger partial charge on any atom is -0.397 e. The normalized spacial score (nSPS) is 15.5. The standard InChI is InChI=1S/C11H15BrN2/c12-9-3-4-10(13)11(7-9)14-6-5-8-1-2-8/h3-4,7-8,14H,1-2,5-6,13H2. The second-order valence-electron chi connectivity index (χ2n) is 3.89. The summed E-state index contributed by atoms with van der Waals surface area (Å²) in [4.78, 5) is 0. The largest absolute Gasteiger partial charge is 0.397 e. The molecule has 2 nitrogen and oxygen atoms in total. The zero-order valence-corrected chi connectivity index (χ0v) is 9.68. The van der Waals surface area contributed by atoms with E-state index in [1.807, 2.05) is 18.2 Å². The third kappa shape index (κ3) is 2.64. The molecular weight excluding hydrogens is 240 g/mol. The molecule has 1 fully saturated rings. The van der Waals surface area contributed by atoms with E-state index in [9.17, 15) is 0 Å². The monoisotopic (exact) mass is 254 g/mol. The molecular formula is C11H15BrN2. The SMILES string of the molecule is Nc1ccc(Br)cc1NCCC1CC1. The predicted octanol–water partition coefficient (Wildman–Crippen LogP) is 3.24. The van der Waals surface area contributed by atoms with Gasteiger partial charge in [-0.3, -0.25) is 0 Å². The second kappa shape index (κ2) is 4.22. The van der Waals surface area contributed by atoms with Crippen LogP contribution >= 0.6 is 15.9 Å². The van der Waals surface area contributed by atoms with Gasteiger partial charge in [-0.2, -0.15) is 0 Å². The number of halogens is 1. The van der Waals surface area contributed by atoms with Crippen LogP contribution in [0, 0.1) is 5.92 Å². The highest BCUT2D eigenvalue weighted by Crippen LogP contribution is 2.32. The first-order valence-corrected chi connectivity index (χ1v) is 5.84. The van der Waals surface area contributed by atoms with E-state index < -0.39 is 0 Å². The minimum atomic E-state index is 0.823. The lowest BCUT2D eigenvalue weighted by Crippen LogP contribution is -2.04. The quantitative estimate of drug-likeness (QED) is 0.810. The average molecular weight is 255 g/mol. The number of rotatable bonds is 4. The Morgan fingerprint density at radius 1 is 1.43 bits per heavy atom. The Morgan fingerprint density at radius 2 is 2.21 bits per heavy atom. The van der Waals surface area contributed by atoms with Crippen molar-refractivity contribution in [3.63, 3.8) is 0 Å². The Bertz CT molecular complexity index is 321. The molecule has 0 atom stereocenters. The fourth-order valence-electron chi connectivity index (χ4n) is 1.50. The van der Waals surface area contributed by atoms with Gasteiger partial charge in [-0.05, 0) is 30.5 Å². The summed E-state index contributed by atoms with van der Waals surface area (Å²) in [6.07, 6.45) is 4.09. The summed E-state index contributed by atoms with van der Waals surface area (Å²) < 4.78 is 1.07. The Labute approximate surface area is 93.0 Å². The average Bonchev–Trinajstić information content (AvgIpc) is 2.95. The fourth-order valence-corrected chi connectivity index (χ4v) is 1.86. The van der Waals surface area contributed by atoms with Crippen LogP contribution in [0.3, 0.4) is 0 Å². The summed E-state index contributed by atoms with van der Waals surface area (Å²) in [5.41, 5.74) is 7.70. The summed E-state index contributed by atoms with van der Waals surface area (Å²) in [7, 11) is 0. The van der Waals surface area contributed by atoms with Crippen molar-refractivity contribution in [1.82, 2.24) is 0 Å². The van der Waals surface area contributed by atoms with E-state index in [4.69, 9.17) is 5.73 Å². The van der Waals surface area contributed by atoms with Gasteiger partial charge < -0.3 is 11.1 Å². The highest BCUT2D eigenvalue weighted by Gasteiger charge is 2.20. The van der Waals surface area contributed by atoms with Crippen molar-refractivity contribution in [1.29, 1.82) is 0 Å². The lowest BCUT2D eigenvalue weighted by molar-refractivity contribution is 0.760. The molecule has 0 saturated heterocycles. The van der Waals surface area contributed by atoms with Gasteiger partial charge in [0, 0.05) is 11.0 Å². The molecule has 3 heteroatoms. The second-order valence-corrected chi connectivity index (χ2v) is 4.81. The molecule has 1 aliphatic carbocycles. The zero-order chi connectivity index (χ0) is 9.97. The van der Waals surface area contributed by atoms with Crippen LogP contribution < -0.4 is 11.1 Å². The molecule has 0 aliphatic heterocycles. The van der Waals surface area contributed by atoms with Gasteiger partial charge in [-0.15, -0.1) is 0 Å². The number of benzene rings is 1. The molecule has 1 aromatic carbocycles. The van der Waals surface area contributed by atoms with Crippen LogP contribution in [0.25, 0.3) is 0 Å². The summed E-state index contributed by atoms with van der Waals surface area (Å²) in [6, 6.07) is 5.91. The Kier molecular flexibility index (Phi) is 2.96. The van der Waals surface area contributed by atoms with Crippen LogP contribution in [0.15, 0.2) is 22.7 Å². The van der Waals surface area contributed by atoms with Gasteiger partial charge in [0.25, 0.3) is 0 Å². The van der Waals surface area contributed by atoms with Crippen molar-refractivity contribution in [3.05, 3.63) is 22.7 Å². The zero-order valence-electron chi connectivity index (χ0n) is 8.09. The van der Waals surface area contributed by atoms with Crippen LogP contribution in [0.5, 0.6) is 0 Å². The molecule has 14 heavy (non-hydrogen) atoms. The molecule has 1 aromatic rings. The van der Waals surface area contributed by atoms with Gasteiger partial charge in [-0.1, -0.05) is 28.8 Å². The smallest absolute Gasteiger partial charge is 0.0585 e. The van der Waals surface area contributed by atoms with Crippen LogP contribution in [-0.4, -0.2) is 6.54 Å². The van der Waals surface area contributed by atoms with E-state index in [-0.39, 0.29) is 0 Å². The van der Waals surface area contributed by atoms with Crippen molar-refractivity contribution in [2.24, 2.45) is 5.92 Å². The lowest BCUT2D eigenvalue weighted by atomic mass is 10.2. The van der Waals surface area contributed by atoms with Crippen LogP contribution in [-0.2, 0) is 0 Å². The molecule has 1 aliphatic rings. The molecule has 2 rings (SSSR count). The number of nitrogens with two attached hydrogens (primary N) is 1. The van der Waals surface area contributed by atoms with E-state index in [2.05, 4.69) is 21.2 Å². The van der Waals surface area contributed by atoms with E-state index in [0.717, 1.165) is 28.3 Å². The highest BCUT2D eigenvalue weighted by atomic mass is 79.9. The van der Waals surface area contributed by atoms with Crippen molar-refractivity contribution >= 4 is 27.3 Å². The Balaban J connectivity index is 1.89. The number of hydrogen-bond acceptors (Lipinski definition) is 2. The van der Waals surface area contributed by atoms with Crippen LogP contribution in [0.2, 0.25) is 0 Å². The van der Waals surface area contributed by atoms with E-state index in [0.29, 0.717) is 0 Å². The van der Waals surface area contributed by atoms with Gasteiger partial charge in [0.05, 0.1) is 11.4 Å². The molecule has 0 radical (unpaired) electrons. The van der Waals surface area contributed by atoms with Crippen molar-refractivity contribution in [2.45, 2.75) is 19.3 Å². The lowest BCUT2D eigenvalue weighted by Gasteiger charge is -2.09. The van der Waals surface area contributed by atoms with Crippen LogP contribution in [0.1, 0.15) is 19.3 Å². The molecule has 1 saturated carbocycles. The van der Waals surface area contributed by atoms with Crippen LogP contribution in [0.4, 0.5) is 11.4 Å². The maximum atomic E-state index is 5.84. The molecule has 76 valence electrons. The van der Waals surface area contributed by atoms with Crippen molar-refractivity contribution in [3.8, 4) is 0 Å². The third-order valence-electron chi connectivity index (χ3n) is 2.58. The molecule has 0 amide bonds. The van der Waals surface area contributed by atoms with Gasteiger partial charge in [-0.25, -0.2) is 0 Å². The van der Waals surface area contributed by atoms with Gasteiger partial charge in [0.1, 0.15) is 0 Å². The van der Waals surface area contributed by atoms with E-state index in [1.165, 1.54) is 19.3 Å². The molecule has 0 heterocycles. The maximum Gasteiger partial charge on any atom is 0.0585 e. The van der Waals surface area contributed by atoms with Gasteiger partial charge in [0.15, 0.2) is 0 Å². The Morgan fingerprint density at radius 3 is 2.93 bits per heavy atom. The fraction of sp³-hybridized carbons (Fsp3) is 0.455. The summed E-state index contributed by atoms with van der Waals surface area (Å²) >= 11 is 3.43. The molecule has 0 bridgehead atoms. The molecule has 3 N–H and O–H groups in total. The minimum absolute atomic E-state index is 0.823. The summed E-state index contributed by atoms with van der Waals surface area (Å²) in [5.74, 6) is 0.968. The highest BCUT2D eigenvalue weighted by molar-refractivity contribution is 9.10.